The summed E-state index contributed by atoms with van der Waals surface area (Å²) in [5.41, 5.74) is 2.70. The second kappa shape index (κ2) is 9.21. The van der Waals surface area contributed by atoms with Crippen molar-refractivity contribution in [3.05, 3.63) is 65.4 Å². The molecule has 2 aromatic carbocycles. The van der Waals surface area contributed by atoms with Crippen LogP contribution in [0.3, 0.4) is 0 Å². The number of carbonyl (C=O) groups is 2. The minimum absolute atomic E-state index is 0.137. The van der Waals surface area contributed by atoms with Gasteiger partial charge in [-0.15, -0.1) is 0 Å². The first-order valence-corrected chi connectivity index (χ1v) is 11.8. The number of nitrogens with zero attached hydrogens (tertiary/aromatic N) is 5. The summed E-state index contributed by atoms with van der Waals surface area (Å²) < 4.78 is 19.2. The van der Waals surface area contributed by atoms with Crippen LogP contribution in [0.4, 0.5) is 20.6 Å². The number of halogens is 1. The highest BCUT2D eigenvalue weighted by molar-refractivity contribution is 6.13. The Balaban J connectivity index is 1.46. The summed E-state index contributed by atoms with van der Waals surface area (Å²) in [7, 11) is 2.93. The van der Waals surface area contributed by atoms with E-state index in [0.29, 0.717) is 43.1 Å². The summed E-state index contributed by atoms with van der Waals surface area (Å²) >= 11 is 0. The van der Waals surface area contributed by atoms with Crippen LogP contribution in [0.1, 0.15) is 34.3 Å². The average molecular weight is 488 g/mol. The highest BCUT2D eigenvalue weighted by Gasteiger charge is 2.36. The number of likely N-dealkylation sites (tertiary alicyclic amines) is 1. The lowest BCUT2D eigenvalue weighted by atomic mass is 9.94. The molecule has 0 spiro atoms. The van der Waals surface area contributed by atoms with Crippen LogP contribution < -0.4 is 9.80 Å². The number of hydrogen-bond acceptors (Lipinski definition) is 6. The van der Waals surface area contributed by atoms with Crippen LogP contribution >= 0.6 is 0 Å². The van der Waals surface area contributed by atoms with E-state index in [9.17, 15) is 14.0 Å². The lowest BCUT2D eigenvalue weighted by Crippen LogP contribution is -2.40. The molecule has 1 saturated heterocycles. The number of alkyl halides is 1. The molecule has 0 bridgehead atoms. The molecule has 2 aliphatic heterocycles. The van der Waals surface area contributed by atoms with Crippen LogP contribution in [-0.4, -0.2) is 54.8 Å². The molecule has 2 aliphatic rings. The topological polar surface area (TPSA) is 89.8 Å². The number of anilines is 2. The van der Waals surface area contributed by atoms with Crippen molar-refractivity contribution in [2.45, 2.75) is 31.6 Å². The van der Waals surface area contributed by atoms with E-state index in [1.165, 1.54) is 12.0 Å². The largest absolute Gasteiger partial charge is 0.452 e. The summed E-state index contributed by atoms with van der Waals surface area (Å²) in [5, 5.41) is 10.0. The van der Waals surface area contributed by atoms with Gasteiger partial charge in [-0.3, -0.25) is 19.6 Å². The zero-order valence-corrected chi connectivity index (χ0v) is 20.2. The predicted octanol–water partition coefficient (Wildman–Crippen LogP) is 4.43. The molecule has 3 heterocycles. The number of pyridine rings is 1. The molecule has 2 amide bonds. The zero-order valence-electron chi connectivity index (χ0n) is 20.2. The molecule has 0 atom stereocenters. The zero-order chi connectivity index (χ0) is 25.4. The smallest absolute Gasteiger partial charge is 0.413 e. The molecule has 0 saturated carbocycles. The van der Waals surface area contributed by atoms with Crippen molar-refractivity contribution in [3.63, 3.8) is 0 Å². The van der Waals surface area contributed by atoms with E-state index in [0.717, 1.165) is 22.0 Å². The van der Waals surface area contributed by atoms with E-state index in [-0.39, 0.29) is 18.7 Å². The molecule has 1 fully saturated rings. The van der Waals surface area contributed by atoms with Crippen molar-refractivity contribution in [2.24, 2.45) is 0 Å². The number of hydrogen-bond donors (Lipinski definition) is 0. The number of benzene rings is 2. The van der Waals surface area contributed by atoms with Crippen LogP contribution in [0.2, 0.25) is 0 Å². The van der Waals surface area contributed by atoms with Crippen LogP contribution in [0.15, 0.2) is 48.7 Å². The molecule has 8 nitrogen and oxygen atoms in total. The van der Waals surface area contributed by atoms with Crippen molar-refractivity contribution < 1.29 is 18.7 Å². The molecule has 184 valence electrons. The minimum atomic E-state index is -1.76. The molecule has 5 rings (SSSR count). The summed E-state index contributed by atoms with van der Waals surface area (Å²) in [6.07, 6.45) is 1.57. The third-order valence-electron chi connectivity index (χ3n) is 7.10. The van der Waals surface area contributed by atoms with Gasteiger partial charge in [-0.1, -0.05) is 12.1 Å². The number of aromatic nitrogens is 1. The molecule has 1 aromatic heterocycles. The fraction of sp³-hybridized carbons (Fsp3) is 0.333. The Kier molecular flexibility index (Phi) is 6.06. The molecule has 3 aromatic rings. The first-order valence-electron chi connectivity index (χ1n) is 11.8. The van der Waals surface area contributed by atoms with Gasteiger partial charge in [-0.05, 0) is 35.9 Å². The van der Waals surface area contributed by atoms with Crippen molar-refractivity contribution in [1.82, 2.24) is 9.88 Å². The number of piperidine rings is 1. The number of ether oxygens (including phenoxy) is 1. The number of fused-ring (bicyclic) bond motifs is 3. The van der Waals surface area contributed by atoms with Gasteiger partial charge in [-0.2, -0.15) is 5.26 Å². The Labute approximate surface area is 208 Å². The second-order valence-electron chi connectivity index (χ2n) is 9.25. The predicted molar refractivity (Wildman–Crippen MR) is 133 cm³/mol. The van der Waals surface area contributed by atoms with Gasteiger partial charge in [0.1, 0.15) is 6.07 Å². The summed E-state index contributed by atoms with van der Waals surface area (Å²) in [5.74, 6) is -0.137. The maximum absolute atomic E-state index is 14.4. The Hall–Kier alpha value is -4.03. The number of nitriles is 1. The van der Waals surface area contributed by atoms with Gasteiger partial charge in [0.05, 0.1) is 19.2 Å². The summed E-state index contributed by atoms with van der Waals surface area (Å²) in [6.45, 7) is 1.86. The monoisotopic (exact) mass is 487 g/mol. The molecule has 0 radical (unpaired) electrons. The highest BCUT2D eigenvalue weighted by Crippen LogP contribution is 2.36. The molecule has 0 unspecified atom stereocenters. The molecule has 0 aliphatic carbocycles. The minimum Gasteiger partial charge on any atom is -0.452 e. The molecular weight excluding hydrogens is 461 g/mol. The number of amides is 2. The standard InChI is InChI=1S/C27H26FN5O3/c1-31(26(35)36-2)19-5-3-6-20(14-19)33-16-23-22(25(33)34)13-18(21-7-4-10-30-24(21)23)15-32-11-8-27(28,17-29)9-12-32/h3-7,10,13-14H,8-9,11-12,15-16H2,1-2H3. The van der Waals surface area contributed by atoms with Crippen molar-refractivity contribution in [3.8, 4) is 6.07 Å². The van der Waals surface area contributed by atoms with Crippen molar-refractivity contribution >= 4 is 34.3 Å². The Bertz CT molecular complexity index is 1390. The van der Waals surface area contributed by atoms with Crippen LogP contribution in [-0.2, 0) is 17.8 Å². The van der Waals surface area contributed by atoms with Crippen molar-refractivity contribution in [1.29, 1.82) is 5.26 Å². The van der Waals surface area contributed by atoms with Gasteiger partial charge >= 0.3 is 6.09 Å². The third kappa shape index (κ3) is 4.14. The summed E-state index contributed by atoms with van der Waals surface area (Å²) in [6, 6.07) is 14.8. The molecule has 9 heteroatoms. The molecule has 36 heavy (non-hydrogen) atoms. The SMILES string of the molecule is COC(=O)N(C)c1cccc(N2Cc3c(cc(CN4CCC(F)(C#N)CC4)c4cccnc34)C2=O)c1. The number of carbonyl (C=O) groups excluding carboxylic acids is 2. The van der Waals surface area contributed by atoms with Gasteiger partial charge in [0.2, 0.25) is 0 Å². The van der Waals surface area contributed by atoms with Crippen LogP contribution in [0.5, 0.6) is 0 Å². The Morgan fingerprint density at radius 3 is 2.75 bits per heavy atom. The van der Waals surface area contributed by atoms with Gasteiger partial charge in [-0.25, -0.2) is 9.18 Å². The summed E-state index contributed by atoms with van der Waals surface area (Å²) in [4.78, 5) is 35.3. The van der Waals surface area contributed by atoms with Gasteiger partial charge in [0, 0.05) is 73.6 Å². The fourth-order valence-electron chi connectivity index (χ4n) is 4.97. The van der Waals surface area contributed by atoms with E-state index in [2.05, 4.69) is 9.88 Å². The lowest BCUT2D eigenvalue weighted by molar-refractivity contribution is 0.0985. The van der Waals surface area contributed by atoms with Crippen LogP contribution in [0.25, 0.3) is 10.9 Å². The van der Waals surface area contributed by atoms with E-state index in [4.69, 9.17) is 10.00 Å². The normalized spacial score (nSPS) is 17.1. The highest BCUT2D eigenvalue weighted by atomic mass is 19.1. The Morgan fingerprint density at radius 1 is 1.25 bits per heavy atom. The first-order chi connectivity index (χ1) is 17.3. The van der Waals surface area contributed by atoms with Crippen molar-refractivity contribution in [2.75, 3.05) is 37.0 Å². The van der Waals surface area contributed by atoms with E-state index < -0.39 is 11.8 Å². The van der Waals surface area contributed by atoms with Gasteiger partial charge in [0.25, 0.3) is 5.91 Å². The number of rotatable bonds is 4. The first kappa shape index (κ1) is 23.7. The maximum Gasteiger partial charge on any atom is 0.413 e. The quantitative estimate of drug-likeness (QED) is 0.541. The van der Waals surface area contributed by atoms with Gasteiger partial charge < -0.3 is 9.64 Å². The van der Waals surface area contributed by atoms with E-state index >= 15 is 0 Å². The molecular formula is C27H26FN5O3. The van der Waals surface area contributed by atoms with E-state index in [1.54, 1.807) is 42.4 Å². The van der Waals surface area contributed by atoms with Gasteiger partial charge in [0.15, 0.2) is 5.67 Å². The molecule has 0 N–H and O–H groups in total. The maximum atomic E-state index is 14.4. The fourth-order valence-corrected chi connectivity index (χ4v) is 4.97. The Morgan fingerprint density at radius 2 is 2.03 bits per heavy atom. The third-order valence-corrected chi connectivity index (χ3v) is 7.10. The second-order valence-corrected chi connectivity index (χ2v) is 9.25. The lowest BCUT2D eigenvalue weighted by Gasteiger charge is -2.32. The number of methoxy groups -OCH3 is 1. The average Bonchev–Trinajstić information content (AvgIpc) is 3.25. The van der Waals surface area contributed by atoms with E-state index in [1.807, 2.05) is 24.3 Å². The van der Waals surface area contributed by atoms with Crippen LogP contribution in [0, 0.1) is 11.3 Å².